The number of hydrogen-bond acceptors (Lipinski definition) is 5. The van der Waals surface area contributed by atoms with Crippen LogP contribution in [-0.2, 0) is 16.1 Å². The molecule has 0 saturated carbocycles. The van der Waals surface area contributed by atoms with E-state index in [-0.39, 0.29) is 12.0 Å². The Bertz CT molecular complexity index is 573. The van der Waals surface area contributed by atoms with Gasteiger partial charge in [-0.3, -0.25) is 9.69 Å². The van der Waals surface area contributed by atoms with Gasteiger partial charge in [0.2, 0.25) is 0 Å². The number of carbonyl (C=O) groups excluding carboxylic acids is 1. The number of nitrogens with zero attached hydrogens (tertiary/aromatic N) is 2. The highest BCUT2D eigenvalue weighted by Crippen LogP contribution is 2.21. The van der Waals surface area contributed by atoms with Gasteiger partial charge in [0.1, 0.15) is 0 Å². The van der Waals surface area contributed by atoms with Crippen LogP contribution in [0.4, 0.5) is 0 Å². The minimum absolute atomic E-state index is 0.00675. The molecule has 0 bridgehead atoms. The monoisotopic (exact) mass is 405 g/mol. The molecule has 1 fully saturated rings. The van der Waals surface area contributed by atoms with Crippen LogP contribution in [0.1, 0.15) is 53.5 Å². The number of hydrogen-bond donors (Lipinski definition) is 1. The summed E-state index contributed by atoms with van der Waals surface area (Å²) in [7, 11) is 1.41. The molecular formula is C24H43N3O2. The Labute approximate surface area is 179 Å². The lowest BCUT2D eigenvalue weighted by atomic mass is 10.1. The molecule has 2 rings (SSSR count). The summed E-state index contributed by atoms with van der Waals surface area (Å²) in [4.78, 5) is 16.1. The van der Waals surface area contributed by atoms with Gasteiger partial charge in [0.15, 0.2) is 0 Å². The van der Waals surface area contributed by atoms with E-state index in [1.165, 1.54) is 12.7 Å². The Morgan fingerprint density at radius 3 is 2.10 bits per heavy atom. The minimum atomic E-state index is -0.225. The van der Waals surface area contributed by atoms with Crippen molar-refractivity contribution in [3.63, 3.8) is 0 Å². The van der Waals surface area contributed by atoms with E-state index in [0.29, 0.717) is 17.8 Å². The van der Waals surface area contributed by atoms with E-state index in [9.17, 15) is 4.79 Å². The molecule has 0 aromatic heterocycles. The van der Waals surface area contributed by atoms with Gasteiger partial charge in [0, 0.05) is 31.9 Å². The lowest BCUT2D eigenvalue weighted by Gasteiger charge is -2.43. The second-order valence-corrected chi connectivity index (χ2v) is 5.82. The van der Waals surface area contributed by atoms with Crippen LogP contribution >= 0.6 is 0 Å². The smallest absolute Gasteiger partial charge is 0.307 e. The van der Waals surface area contributed by atoms with Crippen molar-refractivity contribution in [2.45, 2.75) is 60.5 Å². The molecule has 0 radical (unpaired) electrons. The van der Waals surface area contributed by atoms with Gasteiger partial charge in [-0.15, -0.1) is 0 Å². The fourth-order valence-corrected chi connectivity index (χ4v) is 2.90. The quantitative estimate of drug-likeness (QED) is 0.544. The normalized spacial score (nSPS) is 15.3. The fraction of sp³-hybridized carbons (Fsp3) is 0.542. The molecule has 0 amide bonds. The van der Waals surface area contributed by atoms with Crippen molar-refractivity contribution >= 4 is 5.97 Å². The number of benzene rings is 1. The highest BCUT2D eigenvalue weighted by Gasteiger charge is 2.30. The number of carbonyl (C=O) groups is 1. The molecule has 2 N–H and O–H groups in total. The Kier molecular flexibility index (Phi) is 17.8. The Balaban J connectivity index is 0. The first-order valence-corrected chi connectivity index (χ1v) is 10.7. The standard InChI is InChI=1S/C18H25N3O2.3C2H6/c1-14(19)15(2)21-10-9-20(12-16-7-5-4-6-8-16)13-17(21)11-18(22)23-3;3*1-2/h4-8,17H,1-2,9-13,19H2,3H3;3*1-2H3. The van der Waals surface area contributed by atoms with Crippen LogP contribution in [0.25, 0.3) is 0 Å². The van der Waals surface area contributed by atoms with Crippen LogP contribution in [0.2, 0.25) is 0 Å². The second kappa shape index (κ2) is 17.8. The van der Waals surface area contributed by atoms with Gasteiger partial charge in [-0.2, -0.15) is 0 Å². The number of methoxy groups -OCH3 is 1. The maximum atomic E-state index is 11.7. The summed E-state index contributed by atoms with van der Waals surface area (Å²) < 4.78 is 4.83. The van der Waals surface area contributed by atoms with Crippen molar-refractivity contribution < 1.29 is 9.53 Å². The van der Waals surface area contributed by atoms with Crippen molar-refractivity contribution in [1.29, 1.82) is 0 Å². The van der Waals surface area contributed by atoms with E-state index in [4.69, 9.17) is 10.5 Å². The first-order valence-electron chi connectivity index (χ1n) is 10.7. The van der Waals surface area contributed by atoms with Gasteiger partial charge in [-0.05, 0) is 5.56 Å². The van der Waals surface area contributed by atoms with Crippen molar-refractivity contribution in [3.8, 4) is 0 Å². The van der Waals surface area contributed by atoms with E-state index < -0.39 is 0 Å². The number of ether oxygens (including phenoxy) is 1. The summed E-state index contributed by atoms with van der Waals surface area (Å²) in [6.45, 7) is 23.0. The molecule has 1 aliphatic rings. The SMILES string of the molecule is C=C(N)C(=C)N1CCN(Cc2ccccc2)CC1CC(=O)OC.CC.CC.CC. The highest BCUT2D eigenvalue weighted by molar-refractivity contribution is 5.70. The van der Waals surface area contributed by atoms with Crippen molar-refractivity contribution in [2.75, 3.05) is 26.7 Å². The number of piperazine rings is 1. The summed E-state index contributed by atoms with van der Waals surface area (Å²) in [6.07, 6.45) is 0.314. The predicted octanol–water partition coefficient (Wildman–Crippen LogP) is 4.80. The molecule has 0 spiro atoms. The highest BCUT2D eigenvalue weighted by atomic mass is 16.5. The third kappa shape index (κ3) is 10.7. The van der Waals surface area contributed by atoms with Crippen LogP contribution in [0.3, 0.4) is 0 Å². The summed E-state index contributed by atoms with van der Waals surface area (Å²) in [6, 6.07) is 10.3. The molecule has 166 valence electrons. The summed E-state index contributed by atoms with van der Waals surface area (Å²) in [5.41, 5.74) is 8.18. The third-order valence-electron chi connectivity index (χ3n) is 4.16. The first kappa shape index (κ1) is 28.9. The topological polar surface area (TPSA) is 58.8 Å². The molecule has 0 aliphatic carbocycles. The fourth-order valence-electron chi connectivity index (χ4n) is 2.90. The summed E-state index contributed by atoms with van der Waals surface area (Å²) in [5.74, 6) is -0.225. The van der Waals surface area contributed by atoms with Crippen LogP contribution in [0.15, 0.2) is 54.9 Å². The average Bonchev–Trinajstić information content (AvgIpc) is 2.78. The van der Waals surface area contributed by atoms with Crippen LogP contribution in [0.5, 0.6) is 0 Å². The maximum Gasteiger partial charge on any atom is 0.307 e. The molecule has 1 saturated heterocycles. The van der Waals surface area contributed by atoms with E-state index in [0.717, 1.165) is 26.2 Å². The van der Waals surface area contributed by atoms with E-state index >= 15 is 0 Å². The Hall–Kier alpha value is -2.27. The van der Waals surface area contributed by atoms with Gasteiger partial charge >= 0.3 is 5.97 Å². The molecule has 5 nitrogen and oxygen atoms in total. The van der Waals surface area contributed by atoms with Crippen molar-refractivity contribution in [2.24, 2.45) is 5.73 Å². The molecule has 1 unspecified atom stereocenters. The minimum Gasteiger partial charge on any atom is -0.469 e. The number of esters is 1. The van der Waals surface area contributed by atoms with Crippen LogP contribution < -0.4 is 5.73 Å². The summed E-state index contributed by atoms with van der Waals surface area (Å²) >= 11 is 0. The molecule has 29 heavy (non-hydrogen) atoms. The molecule has 1 heterocycles. The Morgan fingerprint density at radius 1 is 1.07 bits per heavy atom. The zero-order valence-electron chi connectivity index (χ0n) is 19.7. The van der Waals surface area contributed by atoms with Crippen LogP contribution in [-0.4, -0.2) is 48.6 Å². The zero-order chi connectivity index (χ0) is 22.8. The van der Waals surface area contributed by atoms with Gasteiger partial charge in [-0.1, -0.05) is 85.0 Å². The molecule has 1 aliphatic heterocycles. The predicted molar refractivity (Wildman–Crippen MR) is 125 cm³/mol. The molecular weight excluding hydrogens is 362 g/mol. The van der Waals surface area contributed by atoms with Gasteiger partial charge < -0.3 is 15.4 Å². The van der Waals surface area contributed by atoms with Crippen molar-refractivity contribution in [1.82, 2.24) is 9.80 Å². The number of nitrogens with two attached hydrogens (primary N) is 1. The van der Waals surface area contributed by atoms with Crippen LogP contribution in [0, 0.1) is 0 Å². The molecule has 1 aromatic rings. The number of rotatable bonds is 6. The van der Waals surface area contributed by atoms with Gasteiger partial charge in [0.25, 0.3) is 0 Å². The molecule has 5 heteroatoms. The van der Waals surface area contributed by atoms with E-state index in [1.54, 1.807) is 0 Å². The third-order valence-corrected chi connectivity index (χ3v) is 4.16. The van der Waals surface area contributed by atoms with Gasteiger partial charge in [-0.25, -0.2) is 0 Å². The largest absolute Gasteiger partial charge is 0.469 e. The zero-order valence-corrected chi connectivity index (χ0v) is 19.7. The molecule has 1 atom stereocenters. The second-order valence-electron chi connectivity index (χ2n) is 5.82. The lowest BCUT2D eigenvalue weighted by molar-refractivity contribution is -0.142. The molecule has 1 aromatic carbocycles. The van der Waals surface area contributed by atoms with E-state index in [1.807, 2.05) is 59.7 Å². The van der Waals surface area contributed by atoms with E-state index in [2.05, 4.69) is 35.1 Å². The van der Waals surface area contributed by atoms with Crippen molar-refractivity contribution in [3.05, 3.63) is 60.4 Å². The lowest BCUT2D eigenvalue weighted by Crippen LogP contribution is -2.53. The Morgan fingerprint density at radius 2 is 1.62 bits per heavy atom. The van der Waals surface area contributed by atoms with Gasteiger partial charge in [0.05, 0.1) is 25.3 Å². The first-order chi connectivity index (χ1) is 14.0. The maximum absolute atomic E-state index is 11.7. The summed E-state index contributed by atoms with van der Waals surface area (Å²) in [5, 5.41) is 0. The average molecular weight is 406 g/mol.